The predicted molar refractivity (Wildman–Crippen MR) is 116 cm³/mol. The van der Waals surface area contributed by atoms with E-state index in [-0.39, 0.29) is 38.5 Å². The molecule has 2 amide bonds. The first kappa shape index (κ1) is 25.1. The molecular weight excluding hydrogens is 453 g/mol. The third kappa shape index (κ3) is 5.34. The summed E-state index contributed by atoms with van der Waals surface area (Å²) in [5, 5.41) is 11.8. The van der Waals surface area contributed by atoms with Crippen LogP contribution < -0.4 is 10.2 Å². The lowest BCUT2D eigenvalue weighted by molar-refractivity contribution is -0.137. The van der Waals surface area contributed by atoms with Crippen molar-refractivity contribution in [3.8, 4) is 6.07 Å². The Labute approximate surface area is 194 Å². The molecule has 0 spiro atoms. The van der Waals surface area contributed by atoms with E-state index in [0.717, 1.165) is 12.1 Å². The van der Waals surface area contributed by atoms with E-state index in [4.69, 9.17) is 14.4 Å². The maximum absolute atomic E-state index is 13.4. The monoisotopic (exact) mass is 478 g/mol. The van der Waals surface area contributed by atoms with Crippen molar-refractivity contribution < 1.29 is 31.9 Å². The normalized spacial score (nSPS) is 16.3. The van der Waals surface area contributed by atoms with Crippen LogP contribution in [0.2, 0.25) is 0 Å². The zero-order chi connectivity index (χ0) is 25.0. The van der Waals surface area contributed by atoms with Crippen LogP contribution in [0.1, 0.15) is 33.0 Å². The molecule has 0 aliphatic carbocycles. The molecule has 2 aromatic rings. The highest BCUT2D eigenvalue weighted by Crippen LogP contribution is 2.35. The number of piperazine rings is 1. The van der Waals surface area contributed by atoms with Gasteiger partial charge in [-0.15, -0.1) is 0 Å². The minimum atomic E-state index is -4.70. The highest BCUT2D eigenvalue weighted by Gasteiger charge is 2.38. The van der Waals surface area contributed by atoms with E-state index in [2.05, 4.69) is 5.32 Å². The van der Waals surface area contributed by atoms with Crippen molar-refractivity contribution in [1.82, 2.24) is 10.2 Å². The number of nitriles is 1. The number of nitrogens with one attached hydrogen (secondary N) is 1. The van der Waals surface area contributed by atoms with Crippen molar-refractivity contribution in [2.24, 2.45) is 0 Å². The average Bonchev–Trinajstić information content (AvgIpc) is 3.15. The van der Waals surface area contributed by atoms with Crippen LogP contribution in [0.15, 0.2) is 28.7 Å². The Morgan fingerprint density at radius 3 is 2.59 bits per heavy atom. The van der Waals surface area contributed by atoms with E-state index in [1.165, 1.54) is 18.1 Å². The first-order valence-corrected chi connectivity index (χ1v) is 10.6. The molecule has 1 aromatic heterocycles. The summed E-state index contributed by atoms with van der Waals surface area (Å²) < 4.78 is 50.7. The Morgan fingerprint density at radius 1 is 1.26 bits per heavy atom. The van der Waals surface area contributed by atoms with Crippen LogP contribution in [0.5, 0.6) is 0 Å². The molecule has 1 N–H and O–H groups in total. The van der Waals surface area contributed by atoms with Gasteiger partial charge in [0, 0.05) is 39.0 Å². The molecule has 1 unspecified atom stereocenters. The van der Waals surface area contributed by atoms with Crippen molar-refractivity contribution in [2.75, 3.05) is 44.8 Å². The van der Waals surface area contributed by atoms with Crippen molar-refractivity contribution in [2.45, 2.75) is 26.1 Å². The Morgan fingerprint density at radius 2 is 2.00 bits per heavy atom. The van der Waals surface area contributed by atoms with Gasteiger partial charge in [0.05, 0.1) is 29.4 Å². The summed E-state index contributed by atoms with van der Waals surface area (Å²) in [5.74, 6) is 0.137. The third-order valence-electron chi connectivity index (χ3n) is 5.61. The first-order chi connectivity index (χ1) is 16.1. The number of hydrogen-bond donors (Lipinski definition) is 1. The number of carbonyl (C=O) groups excluding carboxylic acids is 2. The van der Waals surface area contributed by atoms with Crippen LogP contribution in [-0.4, -0.2) is 62.7 Å². The van der Waals surface area contributed by atoms with E-state index < -0.39 is 35.2 Å². The molecule has 0 bridgehead atoms. The second kappa shape index (κ2) is 10.2. The van der Waals surface area contributed by atoms with Gasteiger partial charge in [-0.25, -0.2) is 0 Å². The Bertz CT molecular complexity index is 1110. The van der Waals surface area contributed by atoms with Crippen molar-refractivity contribution in [1.29, 1.82) is 5.26 Å². The van der Waals surface area contributed by atoms with Crippen LogP contribution in [0.4, 0.5) is 18.9 Å². The van der Waals surface area contributed by atoms with Gasteiger partial charge in [0.2, 0.25) is 5.91 Å². The minimum Gasteiger partial charge on any atom is -0.466 e. The minimum absolute atomic E-state index is 0.0242. The molecule has 0 radical (unpaired) electrons. The van der Waals surface area contributed by atoms with Gasteiger partial charge >= 0.3 is 6.18 Å². The van der Waals surface area contributed by atoms with Crippen LogP contribution in [0.3, 0.4) is 0 Å². The quantitative estimate of drug-likeness (QED) is 0.641. The molecule has 182 valence electrons. The number of carbonyl (C=O) groups is 2. The lowest BCUT2D eigenvalue weighted by atomic mass is 10.0. The zero-order valence-electron chi connectivity index (χ0n) is 19.0. The highest BCUT2D eigenvalue weighted by atomic mass is 19.4. The van der Waals surface area contributed by atoms with Gasteiger partial charge < -0.3 is 24.3 Å². The van der Waals surface area contributed by atoms with E-state index in [1.54, 1.807) is 30.9 Å². The zero-order valence-corrected chi connectivity index (χ0v) is 19.0. The molecule has 34 heavy (non-hydrogen) atoms. The number of benzene rings is 1. The number of methoxy groups -OCH3 is 1. The molecule has 1 fully saturated rings. The van der Waals surface area contributed by atoms with Crippen LogP contribution in [-0.2, 0) is 15.7 Å². The van der Waals surface area contributed by atoms with E-state index in [0.29, 0.717) is 17.1 Å². The lowest BCUT2D eigenvalue weighted by Crippen LogP contribution is -2.61. The number of nitrogens with zero attached hydrogens (tertiary/aromatic N) is 3. The van der Waals surface area contributed by atoms with Gasteiger partial charge in [-0.05, 0) is 38.1 Å². The number of ether oxygens (including phenoxy) is 1. The second-order valence-electron chi connectivity index (χ2n) is 7.91. The fraction of sp³-hybridized carbons (Fsp3) is 0.435. The standard InChI is InChI=1S/C23H25F3N4O4/c1-14-10-18(15(2)34-14)22(32)30-8-7-29(13-20(30)21(31)28-6-9-33-3)17-5-4-16(12-27)19(11-17)23(24,25)26/h4-5,10-11,20H,6-9,13H2,1-3H3,(H,28,31). The molecule has 1 atom stereocenters. The van der Waals surface area contributed by atoms with Gasteiger partial charge in [0.1, 0.15) is 17.6 Å². The van der Waals surface area contributed by atoms with E-state index in [1.807, 2.05) is 0 Å². The number of alkyl halides is 3. The second-order valence-corrected chi connectivity index (χ2v) is 7.91. The Hall–Kier alpha value is -3.52. The fourth-order valence-electron chi connectivity index (χ4n) is 3.94. The number of amides is 2. The molecule has 1 saturated heterocycles. The highest BCUT2D eigenvalue weighted by molar-refractivity contribution is 5.99. The average molecular weight is 478 g/mol. The summed E-state index contributed by atoms with van der Waals surface area (Å²) >= 11 is 0. The van der Waals surface area contributed by atoms with Crippen LogP contribution in [0, 0.1) is 25.2 Å². The van der Waals surface area contributed by atoms with E-state index in [9.17, 15) is 22.8 Å². The van der Waals surface area contributed by atoms with Gasteiger partial charge in [0.25, 0.3) is 5.91 Å². The molecule has 11 heteroatoms. The summed E-state index contributed by atoms with van der Waals surface area (Å²) in [4.78, 5) is 29.2. The number of halogens is 3. The topological polar surface area (TPSA) is 98.8 Å². The Kier molecular flexibility index (Phi) is 7.51. The van der Waals surface area contributed by atoms with E-state index >= 15 is 0 Å². The van der Waals surface area contributed by atoms with Crippen molar-refractivity contribution >= 4 is 17.5 Å². The molecular formula is C23H25F3N4O4. The van der Waals surface area contributed by atoms with Crippen molar-refractivity contribution in [3.05, 3.63) is 52.5 Å². The van der Waals surface area contributed by atoms with Gasteiger partial charge in [-0.1, -0.05) is 0 Å². The summed E-state index contributed by atoms with van der Waals surface area (Å²) in [6.45, 7) is 4.12. The molecule has 1 aliphatic heterocycles. The lowest BCUT2D eigenvalue weighted by Gasteiger charge is -2.41. The van der Waals surface area contributed by atoms with Crippen molar-refractivity contribution in [3.63, 3.8) is 0 Å². The maximum atomic E-state index is 13.4. The first-order valence-electron chi connectivity index (χ1n) is 10.6. The van der Waals surface area contributed by atoms with Gasteiger partial charge in [-0.3, -0.25) is 9.59 Å². The molecule has 1 aromatic carbocycles. The number of rotatable bonds is 6. The van der Waals surface area contributed by atoms with Gasteiger partial charge in [0.15, 0.2) is 0 Å². The molecule has 1 aliphatic rings. The smallest absolute Gasteiger partial charge is 0.417 e. The number of anilines is 1. The molecule has 2 heterocycles. The summed E-state index contributed by atoms with van der Waals surface area (Å²) in [6.07, 6.45) is -4.70. The van der Waals surface area contributed by atoms with Gasteiger partial charge in [-0.2, -0.15) is 18.4 Å². The van der Waals surface area contributed by atoms with Crippen LogP contribution in [0.25, 0.3) is 0 Å². The Balaban J connectivity index is 1.91. The summed E-state index contributed by atoms with van der Waals surface area (Å²) in [5.41, 5.74) is -0.983. The fourth-order valence-corrected chi connectivity index (χ4v) is 3.94. The summed E-state index contributed by atoms with van der Waals surface area (Å²) in [7, 11) is 1.48. The number of furan rings is 1. The molecule has 0 saturated carbocycles. The SMILES string of the molecule is COCCNC(=O)C1CN(c2ccc(C#N)c(C(F)(F)F)c2)CCN1C(=O)c1cc(C)oc1C. The largest absolute Gasteiger partial charge is 0.466 e. The molecule has 3 rings (SSSR count). The molecule has 8 nitrogen and oxygen atoms in total. The number of aryl methyl sites for hydroxylation is 2. The number of hydrogen-bond acceptors (Lipinski definition) is 6. The maximum Gasteiger partial charge on any atom is 0.417 e. The van der Waals surface area contributed by atoms with Crippen LogP contribution >= 0.6 is 0 Å². The summed E-state index contributed by atoms with van der Waals surface area (Å²) in [6, 6.07) is 5.62. The predicted octanol–water partition coefficient (Wildman–Crippen LogP) is 2.88. The third-order valence-corrected chi connectivity index (χ3v) is 5.61.